The summed E-state index contributed by atoms with van der Waals surface area (Å²) in [4.78, 5) is 1.09. The topological polar surface area (TPSA) is 29.5 Å². The summed E-state index contributed by atoms with van der Waals surface area (Å²) in [5.41, 5.74) is 1.44. The number of rotatable bonds is 4. The van der Waals surface area contributed by atoms with E-state index in [1.165, 1.54) is 12.1 Å². The van der Waals surface area contributed by atoms with Gasteiger partial charge < -0.3 is 9.84 Å². The summed E-state index contributed by atoms with van der Waals surface area (Å²) in [5, 5.41) is 8.68. The molecule has 2 aromatic carbocycles. The lowest BCUT2D eigenvalue weighted by atomic mass is 10.1. The van der Waals surface area contributed by atoms with E-state index in [0.717, 1.165) is 16.2 Å². The normalized spacial score (nSPS) is 9.86. The van der Waals surface area contributed by atoms with E-state index in [2.05, 4.69) is 11.8 Å². The first-order valence-corrected chi connectivity index (χ1v) is 7.36. The molecule has 2 nitrogen and oxygen atoms in total. The van der Waals surface area contributed by atoms with Gasteiger partial charge in [-0.25, -0.2) is 4.39 Å². The third-order valence-electron chi connectivity index (χ3n) is 2.73. The fourth-order valence-corrected chi connectivity index (χ4v) is 2.61. The molecule has 0 spiro atoms. The molecular weight excluding hydrogens is 287 g/mol. The molecule has 0 aromatic heterocycles. The Kier molecular flexibility index (Phi) is 5.68. The molecule has 0 atom stereocenters. The highest BCUT2D eigenvalue weighted by atomic mass is 32.2. The third kappa shape index (κ3) is 4.82. The van der Waals surface area contributed by atoms with Crippen molar-refractivity contribution < 1.29 is 14.2 Å². The maximum atomic E-state index is 13.5. The lowest BCUT2D eigenvalue weighted by molar-refractivity contribution is 0.350. The van der Waals surface area contributed by atoms with Gasteiger partial charge in [0.1, 0.15) is 18.2 Å². The highest BCUT2D eigenvalue weighted by molar-refractivity contribution is 7.98. The van der Waals surface area contributed by atoms with E-state index < -0.39 is 0 Å². The standard InChI is InChI=1S/C17H15FO2S/c1-20-16-4-6-17(7-5-16)21-12-14-9-13(3-2-8-19)10-15(18)11-14/h4-7,9-11,19H,8,12H2,1H3. The minimum Gasteiger partial charge on any atom is -0.497 e. The smallest absolute Gasteiger partial charge is 0.124 e. The molecule has 2 aromatic rings. The number of hydrogen-bond acceptors (Lipinski definition) is 3. The van der Waals surface area contributed by atoms with E-state index in [-0.39, 0.29) is 12.4 Å². The molecule has 0 aliphatic carbocycles. The number of hydrogen-bond donors (Lipinski definition) is 1. The van der Waals surface area contributed by atoms with E-state index >= 15 is 0 Å². The quantitative estimate of drug-likeness (QED) is 0.693. The molecule has 108 valence electrons. The molecule has 2 rings (SSSR count). The van der Waals surface area contributed by atoms with E-state index in [4.69, 9.17) is 9.84 Å². The van der Waals surface area contributed by atoms with Crippen LogP contribution in [0.4, 0.5) is 4.39 Å². The van der Waals surface area contributed by atoms with Crippen molar-refractivity contribution in [2.24, 2.45) is 0 Å². The van der Waals surface area contributed by atoms with E-state index in [1.807, 2.05) is 30.3 Å². The predicted molar refractivity (Wildman–Crippen MR) is 82.9 cm³/mol. The first kappa shape index (κ1) is 15.4. The molecule has 0 heterocycles. The summed E-state index contributed by atoms with van der Waals surface area (Å²) in [5.74, 6) is 6.39. The van der Waals surface area contributed by atoms with Crippen molar-refractivity contribution in [1.82, 2.24) is 0 Å². The van der Waals surface area contributed by atoms with Gasteiger partial charge in [0.2, 0.25) is 0 Å². The van der Waals surface area contributed by atoms with Gasteiger partial charge in [0.25, 0.3) is 0 Å². The summed E-state index contributed by atoms with van der Waals surface area (Å²) in [6.07, 6.45) is 0. The fourth-order valence-electron chi connectivity index (χ4n) is 1.79. The van der Waals surface area contributed by atoms with Crippen LogP contribution in [0.1, 0.15) is 11.1 Å². The highest BCUT2D eigenvalue weighted by Gasteiger charge is 2.01. The van der Waals surface area contributed by atoms with Gasteiger partial charge in [-0.05, 0) is 48.0 Å². The van der Waals surface area contributed by atoms with Gasteiger partial charge >= 0.3 is 0 Å². The van der Waals surface area contributed by atoms with Crippen LogP contribution in [0.25, 0.3) is 0 Å². The second kappa shape index (κ2) is 7.72. The molecule has 4 heteroatoms. The second-order valence-corrected chi connectivity index (χ2v) is 5.32. The summed E-state index contributed by atoms with van der Waals surface area (Å²) >= 11 is 1.61. The number of aliphatic hydroxyl groups excluding tert-OH is 1. The molecule has 0 aliphatic heterocycles. The van der Waals surface area contributed by atoms with Gasteiger partial charge in [-0.1, -0.05) is 11.8 Å². The average molecular weight is 302 g/mol. The Hall–Kier alpha value is -1.96. The molecular formula is C17H15FO2S. The Bertz CT molecular complexity index is 657. The van der Waals surface area contributed by atoms with Crippen LogP contribution in [0.15, 0.2) is 47.4 Å². The maximum absolute atomic E-state index is 13.5. The summed E-state index contributed by atoms with van der Waals surface area (Å²) in [6, 6.07) is 12.4. The van der Waals surface area contributed by atoms with E-state index in [0.29, 0.717) is 11.3 Å². The minimum absolute atomic E-state index is 0.230. The largest absolute Gasteiger partial charge is 0.497 e. The number of ether oxygens (including phenoxy) is 1. The average Bonchev–Trinajstić information content (AvgIpc) is 2.51. The van der Waals surface area contributed by atoms with Crippen LogP contribution in [0.2, 0.25) is 0 Å². The Labute approximate surface area is 128 Å². The van der Waals surface area contributed by atoms with Gasteiger partial charge in [-0.2, -0.15) is 0 Å². The molecule has 0 aliphatic rings. The van der Waals surface area contributed by atoms with Crippen LogP contribution in [0.5, 0.6) is 5.75 Å². The Morgan fingerprint density at radius 1 is 1.19 bits per heavy atom. The third-order valence-corrected chi connectivity index (χ3v) is 3.82. The van der Waals surface area contributed by atoms with Gasteiger partial charge in [-0.3, -0.25) is 0 Å². The zero-order chi connectivity index (χ0) is 15.1. The van der Waals surface area contributed by atoms with Crippen LogP contribution < -0.4 is 4.74 Å². The van der Waals surface area contributed by atoms with Gasteiger partial charge in [-0.15, -0.1) is 11.8 Å². The van der Waals surface area contributed by atoms with Gasteiger partial charge in [0.05, 0.1) is 7.11 Å². The number of aliphatic hydroxyl groups is 1. The molecule has 0 radical (unpaired) electrons. The van der Waals surface area contributed by atoms with Crippen molar-refractivity contribution in [3.8, 4) is 17.6 Å². The van der Waals surface area contributed by atoms with Gasteiger partial charge in [0, 0.05) is 16.2 Å². The summed E-state index contributed by atoms with van der Waals surface area (Å²) < 4.78 is 18.6. The van der Waals surface area contributed by atoms with Crippen molar-refractivity contribution in [2.75, 3.05) is 13.7 Å². The molecule has 0 bridgehead atoms. The monoisotopic (exact) mass is 302 g/mol. The van der Waals surface area contributed by atoms with Crippen LogP contribution in [0, 0.1) is 17.7 Å². The van der Waals surface area contributed by atoms with Gasteiger partial charge in [0.15, 0.2) is 0 Å². The van der Waals surface area contributed by atoms with Crippen LogP contribution >= 0.6 is 11.8 Å². The predicted octanol–water partition coefficient (Wildman–Crippen LogP) is 3.47. The Morgan fingerprint density at radius 3 is 2.62 bits per heavy atom. The van der Waals surface area contributed by atoms with Crippen LogP contribution in [-0.2, 0) is 5.75 Å². The van der Waals surface area contributed by atoms with Crippen molar-refractivity contribution in [2.45, 2.75) is 10.6 Å². The van der Waals surface area contributed by atoms with E-state index in [9.17, 15) is 4.39 Å². The number of benzene rings is 2. The number of halogens is 1. The van der Waals surface area contributed by atoms with Crippen LogP contribution in [-0.4, -0.2) is 18.8 Å². The number of thioether (sulfide) groups is 1. The van der Waals surface area contributed by atoms with Crippen LogP contribution in [0.3, 0.4) is 0 Å². The zero-order valence-electron chi connectivity index (χ0n) is 11.6. The Balaban J connectivity index is 2.06. The molecule has 21 heavy (non-hydrogen) atoms. The lowest BCUT2D eigenvalue weighted by Crippen LogP contribution is -1.87. The van der Waals surface area contributed by atoms with Crippen molar-refractivity contribution in [1.29, 1.82) is 0 Å². The molecule has 1 N–H and O–H groups in total. The molecule has 0 saturated carbocycles. The molecule has 0 saturated heterocycles. The minimum atomic E-state index is -0.315. The van der Waals surface area contributed by atoms with Crippen molar-refractivity contribution >= 4 is 11.8 Å². The zero-order valence-corrected chi connectivity index (χ0v) is 12.4. The summed E-state index contributed by atoms with van der Waals surface area (Å²) in [7, 11) is 1.63. The first-order chi connectivity index (χ1) is 10.2. The van der Waals surface area contributed by atoms with Crippen molar-refractivity contribution in [3.63, 3.8) is 0 Å². The second-order valence-electron chi connectivity index (χ2n) is 4.27. The van der Waals surface area contributed by atoms with Crippen molar-refractivity contribution in [3.05, 3.63) is 59.4 Å². The molecule has 0 amide bonds. The van der Waals surface area contributed by atoms with E-state index in [1.54, 1.807) is 18.9 Å². The molecule has 0 fully saturated rings. The SMILES string of the molecule is COc1ccc(SCc2cc(F)cc(C#CCO)c2)cc1. The fraction of sp³-hybridized carbons (Fsp3) is 0.176. The summed E-state index contributed by atoms with van der Waals surface area (Å²) in [6.45, 7) is -0.230. The maximum Gasteiger partial charge on any atom is 0.124 e. The Morgan fingerprint density at radius 2 is 1.95 bits per heavy atom. The highest BCUT2D eigenvalue weighted by Crippen LogP contribution is 2.25. The number of methoxy groups -OCH3 is 1. The molecule has 0 unspecified atom stereocenters. The lowest BCUT2D eigenvalue weighted by Gasteiger charge is -2.05. The first-order valence-electron chi connectivity index (χ1n) is 6.37.